The largest absolute Gasteiger partial charge is 0.452 e. The van der Waals surface area contributed by atoms with E-state index in [1.54, 1.807) is 54.6 Å². The highest BCUT2D eigenvalue weighted by Crippen LogP contribution is 2.21. The van der Waals surface area contributed by atoms with Gasteiger partial charge in [0.15, 0.2) is 12.2 Å². The van der Waals surface area contributed by atoms with Gasteiger partial charge in [-0.05, 0) is 52.3 Å². The van der Waals surface area contributed by atoms with Crippen molar-refractivity contribution < 1.29 is 38.5 Å². The lowest BCUT2D eigenvalue weighted by molar-refractivity contribution is -0.134. The molecule has 0 radical (unpaired) electrons. The van der Waals surface area contributed by atoms with E-state index in [2.05, 4.69) is 15.9 Å². The van der Waals surface area contributed by atoms with Gasteiger partial charge in [-0.25, -0.2) is 14.4 Å². The van der Waals surface area contributed by atoms with Crippen LogP contribution in [0.4, 0.5) is 0 Å². The molecule has 0 heterocycles. The summed E-state index contributed by atoms with van der Waals surface area (Å²) in [7, 11) is 0. The van der Waals surface area contributed by atoms with E-state index in [-0.39, 0.29) is 16.7 Å². The standard InChI is InChI=1S/C26H21BrO8/c27-23(29)22(35-26(32)19-14-8-3-9-15-19)21(34-25(31)18-12-6-2-7-13-18)20(16-28)33-24(30)17-10-4-1-5-11-17/h1-15,20-22,28H,16H2/t20-,21+,22-/m0/s1. The van der Waals surface area contributed by atoms with Crippen LogP contribution in [0, 0.1) is 0 Å². The minimum atomic E-state index is -1.74. The Morgan fingerprint density at radius 1 is 0.629 bits per heavy atom. The molecule has 0 bridgehead atoms. The average molecular weight is 541 g/mol. The number of aliphatic hydroxyl groups excluding tert-OH is 1. The molecule has 0 aliphatic carbocycles. The van der Waals surface area contributed by atoms with Gasteiger partial charge < -0.3 is 19.3 Å². The van der Waals surface area contributed by atoms with Crippen LogP contribution in [0.25, 0.3) is 0 Å². The summed E-state index contributed by atoms with van der Waals surface area (Å²) in [5, 5.41) is 10.0. The summed E-state index contributed by atoms with van der Waals surface area (Å²) in [4.78, 5) is 50.6. The number of hydrogen-bond acceptors (Lipinski definition) is 8. The normalized spacial score (nSPS) is 13.1. The van der Waals surface area contributed by atoms with Crippen LogP contribution in [0.5, 0.6) is 0 Å². The predicted octanol–water partition coefficient (Wildman–Crippen LogP) is 3.58. The zero-order valence-electron chi connectivity index (χ0n) is 18.3. The van der Waals surface area contributed by atoms with E-state index >= 15 is 0 Å². The number of aliphatic hydroxyl groups is 1. The smallest absolute Gasteiger partial charge is 0.339 e. The van der Waals surface area contributed by atoms with Crippen molar-refractivity contribution in [3.63, 3.8) is 0 Å². The first-order chi connectivity index (χ1) is 16.9. The summed E-state index contributed by atoms with van der Waals surface area (Å²) in [5.41, 5.74) is 0.446. The molecule has 3 aromatic rings. The molecule has 0 aromatic heterocycles. The van der Waals surface area contributed by atoms with Crippen LogP contribution in [-0.4, -0.2) is 52.6 Å². The van der Waals surface area contributed by atoms with E-state index in [1.165, 1.54) is 36.4 Å². The van der Waals surface area contributed by atoms with E-state index in [1.807, 2.05) is 0 Å². The molecule has 3 atom stereocenters. The number of esters is 3. The molecule has 3 aromatic carbocycles. The van der Waals surface area contributed by atoms with Gasteiger partial charge in [-0.15, -0.1) is 0 Å². The molecular weight excluding hydrogens is 520 g/mol. The first kappa shape index (κ1) is 25.8. The van der Waals surface area contributed by atoms with Crippen molar-refractivity contribution in [1.82, 2.24) is 0 Å². The van der Waals surface area contributed by atoms with E-state index < -0.39 is 47.5 Å². The molecular formula is C26H21BrO8. The number of halogens is 1. The van der Waals surface area contributed by atoms with Crippen molar-refractivity contribution in [3.05, 3.63) is 108 Å². The lowest BCUT2D eigenvalue weighted by atomic mass is 10.1. The van der Waals surface area contributed by atoms with Gasteiger partial charge in [-0.1, -0.05) is 54.6 Å². The van der Waals surface area contributed by atoms with Crippen LogP contribution >= 0.6 is 15.9 Å². The predicted molar refractivity (Wildman–Crippen MR) is 128 cm³/mol. The number of carbonyl (C=O) groups is 4. The number of rotatable bonds is 10. The maximum atomic E-state index is 12.8. The maximum absolute atomic E-state index is 12.8. The van der Waals surface area contributed by atoms with Crippen molar-refractivity contribution in [1.29, 1.82) is 0 Å². The number of ether oxygens (including phenoxy) is 3. The Kier molecular flexibility index (Phi) is 9.28. The minimum absolute atomic E-state index is 0.138. The third-order valence-electron chi connectivity index (χ3n) is 4.83. The highest BCUT2D eigenvalue weighted by atomic mass is 79.9. The lowest BCUT2D eigenvalue weighted by Gasteiger charge is -2.30. The summed E-state index contributed by atoms with van der Waals surface area (Å²) < 4.78 is 15.3. The van der Waals surface area contributed by atoms with Gasteiger partial charge in [0.1, 0.15) is 0 Å². The van der Waals surface area contributed by atoms with E-state index in [4.69, 9.17) is 14.2 Å². The van der Waals surface area contributed by atoms with Crippen LogP contribution in [0.15, 0.2) is 91.0 Å². The van der Waals surface area contributed by atoms with E-state index in [9.17, 15) is 24.3 Å². The monoisotopic (exact) mass is 540 g/mol. The van der Waals surface area contributed by atoms with Crippen molar-refractivity contribution in [3.8, 4) is 0 Å². The molecule has 35 heavy (non-hydrogen) atoms. The van der Waals surface area contributed by atoms with Crippen LogP contribution < -0.4 is 0 Å². The molecule has 8 nitrogen and oxygen atoms in total. The molecule has 0 fully saturated rings. The first-order valence-electron chi connectivity index (χ1n) is 10.5. The van der Waals surface area contributed by atoms with Crippen LogP contribution in [0.3, 0.4) is 0 Å². The quantitative estimate of drug-likeness (QED) is 0.235. The molecule has 3 rings (SSSR count). The minimum Gasteiger partial charge on any atom is -0.452 e. The zero-order valence-corrected chi connectivity index (χ0v) is 19.9. The molecule has 0 aliphatic heterocycles. The molecule has 0 spiro atoms. The van der Waals surface area contributed by atoms with Gasteiger partial charge in [-0.3, -0.25) is 4.79 Å². The Hall–Kier alpha value is -3.82. The molecule has 0 unspecified atom stereocenters. The molecule has 1 N–H and O–H groups in total. The SMILES string of the molecule is O=C(O[C@H]([C@H](CO)OC(=O)c1ccccc1)[C@H](OC(=O)c1ccccc1)C(=O)Br)c1ccccc1. The molecule has 0 saturated carbocycles. The number of hydrogen-bond donors (Lipinski definition) is 1. The summed E-state index contributed by atoms with van der Waals surface area (Å²) in [5.74, 6) is -2.59. The third kappa shape index (κ3) is 7.08. The van der Waals surface area contributed by atoms with Gasteiger partial charge >= 0.3 is 17.9 Å². The van der Waals surface area contributed by atoms with Crippen molar-refractivity contribution >= 4 is 38.5 Å². The topological polar surface area (TPSA) is 116 Å². The second kappa shape index (κ2) is 12.6. The summed E-state index contributed by atoms with van der Waals surface area (Å²) >= 11 is 2.77. The Labute approximate surface area is 209 Å². The van der Waals surface area contributed by atoms with Gasteiger partial charge in [0.25, 0.3) is 0 Å². The second-order valence-electron chi connectivity index (χ2n) is 7.22. The van der Waals surface area contributed by atoms with E-state index in [0.29, 0.717) is 0 Å². The van der Waals surface area contributed by atoms with Gasteiger partial charge in [0.05, 0.1) is 23.3 Å². The first-order valence-corrected chi connectivity index (χ1v) is 11.3. The highest BCUT2D eigenvalue weighted by Gasteiger charge is 2.42. The number of benzene rings is 3. The summed E-state index contributed by atoms with van der Waals surface area (Å²) in [6.07, 6.45) is -4.94. The van der Waals surface area contributed by atoms with Crippen molar-refractivity contribution in [2.45, 2.75) is 18.3 Å². The molecule has 9 heteroatoms. The zero-order chi connectivity index (χ0) is 25.2. The summed E-state index contributed by atoms with van der Waals surface area (Å²) in [6, 6.07) is 23.6. The van der Waals surface area contributed by atoms with Crippen molar-refractivity contribution in [2.24, 2.45) is 0 Å². The van der Waals surface area contributed by atoms with Crippen LogP contribution in [0.2, 0.25) is 0 Å². The van der Waals surface area contributed by atoms with Crippen LogP contribution in [0.1, 0.15) is 31.1 Å². The Balaban J connectivity index is 1.92. The van der Waals surface area contributed by atoms with Gasteiger partial charge in [-0.2, -0.15) is 0 Å². The second-order valence-corrected chi connectivity index (χ2v) is 8.01. The van der Waals surface area contributed by atoms with E-state index in [0.717, 1.165) is 0 Å². The summed E-state index contributed by atoms with van der Waals surface area (Å²) in [6.45, 7) is -0.828. The molecule has 0 aliphatic rings. The Morgan fingerprint density at radius 3 is 1.37 bits per heavy atom. The maximum Gasteiger partial charge on any atom is 0.339 e. The lowest BCUT2D eigenvalue weighted by Crippen LogP contribution is -2.49. The highest BCUT2D eigenvalue weighted by molar-refractivity contribution is 9.18. The van der Waals surface area contributed by atoms with Crippen molar-refractivity contribution in [2.75, 3.05) is 6.61 Å². The number of carbonyl (C=O) groups excluding carboxylic acids is 4. The Morgan fingerprint density at radius 2 is 1.00 bits per heavy atom. The molecule has 180 valence electrons. The van der Waals surface area contributed by atoms with Gasteiger partial charge in [0, 0.05) is 0 Å². The fourth-order valence-corrected chi connectivity index (χ4v) is 3.44. The van der Waals surface area contributed by atoms with Gasteiger partial charge in [0.2, 0.25) is 10.8 Å². The fraction of sp³-hybridized carbons (Fsp3) is 0.154. The third-order valence-corrected chi connectivity index (χ3v) is 5.28. The fourth-order valence-electron chi connectivity index (χ4n) is 3.09. The van der Waals surface area contributed by atoms with Crippen LogP contribution in [-0.2, 0) is 19.0 Å². The average Bonchev–Trinajstić information content (AvgIpc) is 2.90. The Bertz CT molecular complexity index is 1150. The molecule has 0 amide bonds. The molecule has 0 saturated heterocycles.